The first-order valence-corrected chi connectivity index (χ1v) is 31.7. The van der Waals surface area contributed by atoms with Gasteiger partial charge in [-0.2, -0.15) is 0 Å². The molecule has 0 saturated carbocycles. The Morgan fingerprint density at radius 2 is 1.41 bits per heavy atom. The number of unbranched alkanes of at least 4 members (excludes halogenated alkanes) is 2. The van der Waals surface area contributed by atoms with Crippen molar-refractivity contribution in [2.45, 2.75) is 210 Å². The quantitative estimate of drug-likeness (QED) is 0.0196. The molecule has 20 nitrogen and oxygen atoms in total. The molecule has 0 spiro atoms. The van der Waals surface area contributed by atoms with E-state index in [1.165, 1.54) is 11.8 Å². The minimum absolute atomic E-state index is 0.00561. The Morgan fingerprint density at radius 1 is 0.782 bits per heavy atom. The number of Topliss-reactive ketones (excluding diaryl/α,β-unsaturated/α-hetero) is 1. The van der Waals surface area contributed by atoms with Gasteiger partial charge in [0.25, 0.3) is 0 Å². The molecule has 2 saturated heterocycles. The first-order valence-electron chi connectivity index (χ1n) is 31.7. The molecule has 0 radical (unpaired) electrons. The number of hydrogen-bond donors (Lipinski definition) is 6. The number of likely N-dealkylation sites (N-methyl/N-ethyl adjacent to an activating group) is 1. The molecule has 0 bridgehead atoms. The van der Waals surface area contributed by atoms with Crippen LogP contribution in [0.2, 0.25) is 0 Å². The minimum Gasteiger partial charge on any atom is -0.381 e. The number of aromatic nitrogens is 1. The van der Waals surface area contributed by atoms with Gasteiger partial charge in [-0.25, -0.2) is 0 Å². The van der Waals surface area contributed by atoms with E-state index in [0.717, 1.165) is 41.3 Å². The highest BCUT2D eigenvalue weighted by molar-refractivity contribution is 6.05. The molecule has 0 aliphatic carbocycles. The summed E-state index contributed by atoms with van der Waals surface area (Å²) in [6.45, 7) is 26.8. The maximum absolute atomic E-state index is 13.9. The largest absolute Gasteiger partial charge is 0.381 e. The number of aromatic amines is 1. The molecule has 20 heteroatoms. The van der Waals surface area contributed by atoms with Gasteiger partial charge in [-0.05, 0) is 93.5 Å². The number of hydrogen-bond acceptors (Lipinski definition) is 12. The number of hydrazine groups is 1. The van der Waals surface area contributed by atoms with Gasteiger partial charge in [0.2, 0.25) is 47.3 Å². The molecule has 5 rings (SSSR count). The van der Waals surface area contributed by atoms with Crippen molar-refractivity contribution in [2.75, 3.05) is 40.9 Å². The second kappa shape index (κ2) is 37.4. The number of nitrogens with one attached hydrogen (secondary N) is 6. The van der Waals surface area contributed by atoms with Crippen LogP contribution >= 0.6 is 0 Å². The highest BCUT2D eigenvalue weighted by Crippen LogP contribution is 2.33. The van der Waals surface area contributed by atoms with Crippen LogP contribution in [0.1, 0.15) is 172 Å². The lowest BCUT2D eigenvalue weighted by atomic mass is 9.87. The molecule has 6 unspecified atom stereocenters. The number of fused-ring (bicyclic) bond motifs is 1. The fraction of sp³-hybridized carbons (Fsp3) is 0.657. The lowest BCUT2D eigenvalue weighted by Gasteiger charge is -2.35. The van der Waals surface area contributed by atoms with E-state index < -0.39 is 35.6 Å². The lowest BCUT2D eigenvalue weighted by molar-refractivity contribution is -0.143. The normalized spacial score (nSPS) is 17.4. The SMILES string of the molecule is CC.CC(=O)[C@@H](NC(=O)C(C(C)C)N(C)CCCC(=O)NNC(=O)CCCCCN1C(=O)CC(C)(C)C1=O)C(C)C.CCC(C)[C@H](C)C(CC(=O)N1CCCC1C(OC)C(C)C(=O)N[C@@H](Cc1c[nH]c2ccccc12)C(=O)NCc1ccccc1)OC. The fourth-order valence-electron chi connectivity index (χ4n) is 11.6. The van der Waals surface area contributed by atoms with Crippen LogP contribution < -0.4 is 26.8 Å². The number of likely N-dealkylation sites (tertiary alicyclic amines) is 2. The summed E-state index contributed by atoms with van der Waals surface area (Å²) in [6.07, 6.45) is 7.42. The monoisotopic (exact) mass is 1210 g/mol. The molecule has 2 aliphatic rings. The van der Waals surface area contributed by atoms with Gasteiger partial charge in [-0.3, -0.25) is 63.8 Å². The first kappa shape index (κ1) is 74.7. The number of imide groups is 1. The van der Waals surface area contributed by atoms with Gasteiger partial charge in [0.15, 0.2) is 5.78 Å². The van der Waals surface area contributed by atoms with Crippen molar-refractivity contribution in [1.29, 1.82) is 0 Å². The predicted octanol–water partition coefficient (Wildman–Crippen LogP) is 8.21. The lowest BCUT2D eigenvalue weighted by Crippen LogP contribution is -2.54. The third kappa shape index (κ3) is 22.9. The van der Waals surface area contributed by atoms with Crippen LogP contribution in [0, 0.1) is 35.0 Å². The number of amides is 8. The fourth-order valence-corrected chi connectivity index (χ4v) is 11.6. The van der Waals surface area contributed by atoms with Crippen molar-refractivity contribution in [3.05, 3.63) is 71.9 Å². The van der Waals surface area contributed by atoms with Crippen molar-refractivity contribution < 1.29 is 52.6 Å². The standard InChI is InChI=1S/C37H52N4O5.C28H49N5O6.C2H6/c1-7-24(2)25(3)33(45-5)21-34(42)41-19-13-18-32(41)35(46-6)26(4)36(43)40-31(37(44)39-22-27-14-9-8-10-15-27)20-28-23-38-30-17-12-11-16-29(28)30;1-18(2)24(20(5)34)29-26(38)25(19(3)4)32(8)15-12-14-22(36)31-30-21(35)13-10-9-11-16-33-23(37)17-28(6,7)27(33)39;1-2/h8-12,14-17,23-26,31-33,35,38H,7,13,18-22H2,1-6H3,(H,39,44)(H,40,43);18-19,24-25H,9-17H2,1-8H3,(H,29,38)(H,30,35)(H,31,36);1-2H3/t24?,25-,26?,31-,32?,33?,35?;24-,25?;/m00./s1. The second-order valence-electron chi connectivity index (χ2n) is 24.8. The number of para-hydroxylation sites is 1. The summed E-state index contributed by atoms with van der Waals surface area (Å²) in [6, 6.07) is 15.6. The molecule has 2 aromatic carbocycles. The van der Waals surface area contributed by atoms with Gasteiger partial charge in [-0.15, -0.1) is 0 Å². The summed E-state index contributed by atoms with van der Waals surface area (Å²) >= 11 is 0. The number of benzene rings is 2. The van der Waals surface area contributed by atoms with E-state index in [2.05, 4.69) is 52.6 Å². The summed E-state index contributed by atoms with van der Waals surface area (Å²) in [4.78, 5) is 123. The van der Waals surface area contributed by atoms with Crippen molar-refractivity contribution in [3.8, 4) is 0 Å². The van der Waals surface area contributed by atoms with Gasteiger partial charge in [0.05, 0.1) is 48.1 Å². The molecule has 1 aromatic heterocycles. The van der Waals surface area contributed by atoms with E-state index in [1.807, 2.05) is 126 Å². The molecule has 87 heavy (non-hydrogen) atoms. The maximum atomic E-state index is 13.9. The number of ketones is 1. The van der Waals surface area contributed by atoms with E-state index in [4.69, 9.17) is 9.47 Å². The summed E-state index contributed by atoms with van der Waals surface area (Å²) in [7, 11) is 5.08. The summed E-state index contributed by atoms with van der Waals surface area (Å²) in [5.41, 5.74) is 7.08. The molecule has 9 atom stereocenters. The molecule has 6 N–H and O–H groups in total. The van der Waals surface area contributed by atoms with Gasteiger partial charge in [0.1, 0.15) is 6.04 Å². The molecule has 2 fully saturated rings. The van der Waals surface area contributed by atoms with Gasteiger partial charge >= 0.3 is 0 Å². The first-order chi connectivity index (χ1) is 41.3. The number of carbonyl (C=O) groups is 9. The average molecular weight is 1210 g/mol. The van der Waals surface area contributed by atoms with Gasteiger partial charge < -0.3 is 35.3 Å². The zero-order chi connectivity index (χ0) is 65.1. The Kier molecular flexibility index (Phi) is 32.1. The van der Waals surface area contributed by atoms with Crippen molar-refractivity contribution in [3.63, 3.8) is 0 Å². The number of carbonyl (C=O) groups excluding carboxylic acids is 9. The number of ether oxygens (including phenoxy) is 2. The Hall–Kier alpha value is -6.51. The van der Waals surface area contributed by atoms with E-state index in [9.17, 15) is 43.2 Å². The smallest absolute Gasteiger partial charge is 0.243 e. The van der Waals surface area contributed by atoms with Crippen LogP contribution in [0.15, 0.2) is 60.8 Å². The van der Waals surface area contributed by atoms with E-state index in [1.54, 1.807) is 28.1 Å². The Labute approximate surface area is 518 Å². The minimum atomic E-state index is -0.804. The van der Waals surface area contributed by atoms with Gasteiger partial charge in [-0.1, -0.05) is 144 Å². The zero-order valence-electron chi connectivity index (χ0n) is 55.3. The maximum Gasteiger partial charge on any atom is 0.243 e. The van der Waals surface area contributed by atoms with Crippen molar-refractivity contribution in [1.82, 2.24) is 46.5 Å². The topological polar surface area (TPSA) is 258 Å². The number of H-pyrrole nitrogens is 1. The number of nitrogens with zero attached hydrogens (tertiary/aromatic N) is 3. The molecular formula is C67H107N9O11. The average Bonchev–Trinajstić information content (AvgIpc) is 2.34. The summed E-state index contributed by atoms with van der Waals surface area (Å²) in [5.74, 6) is -1.67. The zero-order valence-corrected chi connectivity index (χ0v) is 55.3. The molecule has 3 aromatic rings. The molecule has 486 valence electrons. The third-order valence-electron chi connectivity index (χ3n) is 17.1. The molecule has 8 amide bonds. The number of methoxy groups -OCH3 is 2. The van der Waals surface area contributed by atoms with Crippen LogP contribution in [0.5, 0.6) is 0 Å². The predicted molar refractivity (Wildman–Crippen MR) is 340 cm³/mol. The van der Waals surface area contributed by atoms with E-state index in [0.29, 0.717) is 70.6 Å². The summed E-state index contributed by atoms with van der Waals surface area (Å²) in [5, 5.41) is 9.93. The van der Waals surface area contributed by atoms with Crippen LogP contribution in [0.25, 0.3) is 10.9 Å². The number of rotatable bonds is 32. The van der Waals surface area contributed by atoms with Crippen molar-refractivity contribution >= 4 is 63.9 Å². The van der Waals surface area contributed by atoms with Gasteiger partial charge in [0, 0.05) is 76.6 Å². The highest BCUT2D eigenvalue weighted by Gasteiger charge is 2.45. The van der Waals surface area contributed by atoms with Crippen LogP contribution in [0.3, 0.4) is 0 Å². The van der Waals surface area contributed by atoms with Crippen LogP contribution in [-0.4, -0.2) is 150 Å². The summed E-state index contributed by atoms with van der Waals surface area (Å²) < 4.78 is 11.7. The Morgan fingerprint density at radius 3 is 1.99 bits per heavy atom. The Balaban J connectivity index is 0.000000449. The van der Waals surface area contributed by atoms with Crippen LogP contribution in [-0.2, 0) is 65.6 Å². The third-order valence-corrected chi connectivity index (χ3v) is 17.1. The highest BCUT2D eigenvalue weighted by atomic mass is 16.5. The van der Waals surface area contributed by atoms with E-state index in [-0.39, 0.29) is 102 Å². The van der Waals surface area contributed by atoms with Crippen LogP contribution in [0.4, 0.5) is 0 Å². The second-order valence-corrected chi connectivity index (χ2v) is 24.8. The van der Waals surface area contributed by atoms with Crippen molar-refractivity contribution in [2.24, 2.45) is 35.0 Å². The molecule has 3 heterocycles. The molecule has 2 aliphatic heterocycles. The molecular weight excluding hydrogens is 1110 g/mol. The Bertz CT molecular complexity index is 2680. The van der Waals surface area contributed by atoms with E-state index >= 15 is 0 Å².